The normalized spacial score (nSPS) is 20.6. The van der Waals surface area contributed by atoms with Gasteiger partial charge in [-0.1, -0.05) is 43.3 Å². The van der Waals surface area contributed by atoms with Crippen LogP contribution in [0.25, 0.3) is 15.7 Å². The Morgan fingerprint density at radius 1 is 1.10 bits per heavy atom. The average Bonchev–Trinajstić information content (AvgIpc) is 3.38. The number of thioether (sulfide) groups is 1. The van der Waals surface area contributed by atoms with E-state index in [2.05, 4.69) is 6.92 Å². The lowest BCUT2D eigenvalue weighted by molar-refractivity contribution is -0.136. The zero-order chi connectivity index (χ0) is 21.7. The Bertz CT molecular complexity index is 1320. The molecule has 2 aliphatic rings. The highest BCUT2D eigenvalue weighted by molar-refractivity contribution is 8.00. The molecule has 0 aliphatic carbocycles. The largest absolute Gasteiger partial charge is 0.391 e. The summed E-state index contributed by atoms with van der Waals surface area (Å²) in [6.45, 7) is 1.54. The summed E-state index contributed by atoms with van der Waals surface area (Å²) in [6.07, 6.45) is 0. The number of hydrogen-bond donors (Lipinski definition) is 1. The first-order chi connectivity index (χ1) is 15.1. The Kier molecular flexibility index (Phi) is 4.94. The minimum Gasteiger partial charge on any atom is -0.391 e. The van der Waals surface area contributed by atoms with Crippen molar-refractivity contribution in [2.24, 2.45) is 0 Å². The van der Waals surface area contributed by atoms with Gasteiger partial charge in [-0.05, 0) is 17.7 Å². The smallest absolute Gasteiger partial charge is 0.262 e. The minimum absolute atomic E-state index is 0.0589. The number of amides is 2. The van der Waals surface area contributed by atoms with Crippen molar-refractivity contribution in [3.05, 3.63) is 70.1 Å². The van der Waals surface area contributed by atoms with Crippen molar-refractivity contribution < 1.29 is 14.7 Å². The number of aliphatic hydroxyl groups excluding tert-OH is 1. The van der Waals surface area contributed by atoms with Crippen LogP contribution in [-0.2, 0) is 16.2 Å². The predicted octanol–water partition coefficient (Wildman–Crippen LogP) is 4.32. The maximum atomic E-state index is 13.5. The Balaban J connectivity index is 1.82. The molecule has 0 saturated heterocycles. The van der Waals surface area contributed by atoms with Crippen LogP contribution in [0.1, 0.15) is 28.8 Å². The van der Waals surface area contributed by atoms with E-state index >= 15 is 0 Å². The van der Waals surface area contributed by atoms with E-state index in [0.29, 0.717) is 21.6 Å². The molecule has 3 aromatic rings. The molecule has 0 bridgehead atoms. The van der Waals surface area contributed by atoms with Crippen molar-refractivity contribution in [1.29, 1.82) is 5.26 Å². The first-order valence-corrected chi connectivity index (χ1v) is 11.6. The van der Waals surface area contributed by atoms with Crippen molar-refractivity contribution in [3.8, 4) is 6.07 Å². The van der Waals surface area contributed by atoms with Gasteiger partial charge >= 0.3 is 0 Å². The molecule has 2 aromatic carbocycles. The average molecular weight is 447 g/mol. The molecule has 1 N–H and O–H groups in total. The monoisotopic (exact) mass is 446 g/mol. The number of nitrogens with zero attached hydrogens (tertiary/aromatic N) is 2. The highest BCUT2D eigenvalue weighted by atomic mass is 32.2. The Morgan fingerprint density at radius 2 is 1.84 bits per heavy atom. The van der Waals surface area contributed by atoms with E-state index in [-0.39, 0.29) is 24.3 Å². The molecule has 2 aliphatic heterocycles. The topological polar surface area (TPSA) is 81.4 Å². The number of nitriles is 1. The molecule has 7 heteroatoms. The summed E-state index contributed by atoms with van der Waals surface area (Å²) in [5.41, 5.74) is 2.41. The van der Waals surface area contributed by atoms with Gasteiger partial charge in [0, 0.05) is 42.2 Å². The molecule has 1 aromatic heterocycles. The highest BCUT2D eigenvalue weighted by Crippen LogP contribution is 2.53. The highest BCUT2D eigenvalue weighted by Gasteiger charge is 2.47. The Labute approximate surface area is 187 Å². The maximum Gasteiger partial charge on any atom is 0.262 e. The molecule has 5 nitrogen and oxygen atoms in total. The zero-order valence-electron chi connectivity index (χ0n) is 16.7. The van der Waals surface area contributed by atoms with Crippen LogP contribution in [0.2, 0.25) is 0 Å². The molecule has 0 fully saturated rings. The fourth-order valence-corrected chi connectivity index (χ4v) is 6.96. The number of hydrogen-bond acceptors (Lipinski definition) is 6. The molecular weight excluding hydrogens is 428 g/mol. The van der Waals surface area contributed by atoms with Crippen LogP contribution < -0.4 is 0 Å². The first kappa shape index (κ1) is 20.0. The summed E-state index contributed by atoms with van der Waals surface area (Å²) in [5, 5.41) is 20.2. The van der Waals surface area contributed by atoms with E-state index in [9.17, 15) is 20.0 Å². The molecule has 0 spiro atoms. The van der Waals surface area contributed by atoms with Crippen LogP contribution in [0.3, 0.4) is 0 Å². The molecular formula is C24H18N2O3S2. The molecule has 5 rings (SSSR count). The number of fused-ring (bicyclic) bond motifs is 2. The van der Waals surface area contributed by atoms with Crippen molar-refractivity contribution in [3.63, 3.8) is 0 Å². The van der Waals surface area contributed by atoms with Crippen molar-refractivity contribution in [1.82, 2.24) is 4.90 Å². The molecule has 2 atom stereocenters. The molecule has 0 radical (unpaired) electrons. The lowest BCUT2D eigenvalue weighted by atomic mass is 9.84. The van der Waals surface area contributed by atoms with Gasteiger partial charge in [0.2, 0.25) is 0 Å². The summed E-state index contributed by atoms with van der Waals surface area (Å²) in [4.78, 5) is 29.8. The van der Waals surface area contributed by atoms with Crippen LogP contribution >= 0.6 is 23.1 Å². The number of carbonyl (C=O) groups is 2. The Morgan fingerprint density at radius 3 is 2.61 bits per heavy atom. The van der Waals surface area contributed by atoms with Gasteiger partial charge in [-0.15, -0.1) is 23.1 Å². The van der Waals surface area contributed by atoms with Crippen molar-refractivity contribution in [2.45, 2.75) is 29.6 Å². The number of rotatable bonds is 4. The Hall–Kier alpha value is -2.92. The molecule has 0 saturated carbocycles. The van der Waals surface area contributed by atoms with Gasteiger partial charge in [-0.25, -0.2) is 0 Å². The van der Waals surface area contributed by atoms with Gasteiger partial charge in [-0.3, -0.25) is 14.5 Å². The van der Waals surface area contributed by atoms with E-state index in [1.54, 1.807) is 11.8 Å². The minimum atomic E-state index is -0.457. The van der Waals surface area contributed by atoms with Crippen LogP contribution in [0.5, 0.6) is 0 Å². The van der Waals surface area contributed by atoms with Gasteiger partial charge in [0.05, 0.1) is 18.2 Å². The molecule has 154 valence electrons. The number of carbonyl (C=O) groups excluding carboxylic acids is 2. The molecule has 3 heterocycles. The summed E-state index contributed by atoms with van der Waals surface area (Å²) in [5.74, 6) is -1.13. The maximum absolute atomic E-state index is 13.5. The number of imide groups is 1. The number of thiophene rings is 1. The lowest BCUT2D eigenvalue weighted by Gasteiger charge is -2.18. The SMILES string of the molecule is C[C@H]1Sc2ccccc2[C@H]1C1=C(c2c(CO)sc3ccccc23)C(=O)N(CC#N)C1=O. The first-order valence-electron chi connectivity index (χ1n) is 9.91. The summed E-state index contributed by atoms with van der Waals surface area (Å²) >= 11 is 3.11. The third-order valence-electron chi connectivity index (χ3n) is 5.84. The third-order valence-corrected chi connectivity index (χ3v) is 8.27. The van der Waals surface area contributed by atoms with E-state index in [1.165, 1.54) is 11.3 Å². The van der Waals surface area contributed by atoms with Crippen molar-refractivity contribution in [2.75, 3.05) is 6.54 Å². The van der Waals surface area contributed by atoms with E-state index in [0.717, 1.165) is 25.4 Å². The lowest BCUT2D eigenvalue weighted by Crippen LogP contribution is -2.33. The van der Waals surface area contributed by atoms with Gasteiger partial charge in [0.15, 0.2) is 0 Å². The van der Waals surface area contributed by atoms with Gasteiger partial charge in [0.25, 0.3) is 11.8 Å². The van der Waals surface area contributed by atoms with Crippen LogP contribution in [0.4, 0.5) is 0 Å². The molecule has 0 unspecified atom stereocenters. The van der Waals surface area contributed by atoms with Crippen LogP contribution in [0.15, 0.2) is 59.0 Å². The van der Waals surface area contributed by atoms with E-state index < -0.39 is 11.8 Å². The summed E-state index contributed by atoms with van der Waals surface area (Å²) in [6, 6.07) is 17.6. The summed E-state index contributed by atoms with van der Waals surface area (Å²) < 4.78 is 0.946. The van der Waals surface area contributed by atoms with E-state index in [1.807, 2.05) is 54.6 Å². The van der Waals surface area contributed by atoms with Crippen LogP contribution in [-0.4, -0.2) is 33.6 Å². The number of aliphatic hydroxyl groups is 1. The second-order valence-corrected chi connectivity index (χ2v) is 10.1. The molecule has 31 heavy (non-hydrogen) atoms. The fraction of sp³-hybridized carbons (Fsp3) is 0.208. The predicted molar refractivity (Wildman–Crippen MR) is 122 cm³/mol. The number of benzene rings is 2. The van der Waals surface area contributed by atoms with Gasteiger partial charge in [-0.2, -0.15) is 5.26 Å². The second kappa shape index (κ2) is 7.65. The third kappa shape index (κ3) is 2.94. The van der Waals surface area contributed by atoms with Crippen LogP contribution in [0, 0.1) is 11.3 Å². The van der Waals surface area contributed by atoms with Crippen molar-refractivity contribution >= 4 is 50.6 Å². The van der Waals surface area contributed by atoms with E-state index in [4.69, 9.17) is 0 Å². The second-order valence-electron chi connectivity index (χ2n) is 7.54. The quantitative estimate of drug-likeness (QED) is 0.477. The summed E-state index contributed by atoms with van der Waals surface area (Å²) in [7, 11) is 0. The van der Waals surface area contributed by atoms with Gasteiger partial charge in [0.1, 0.15) is 6.54 Å². The fourth-order valence-electron chi connectivity index (χ4n) is 4.58. The molecule has 2 amide bonds. The standard InChI is InChI=1S/C24H18N2O3S2/c1-13-19(14-6-2-4-8-16(14)30-13)21-22(24(29)26(11-10-25)23(21)28)20-15-7-3-5-9-17(15)31-18(20)12-27/h2-9,13,19,27H,11-12H2,1H3/t13-,19+/m1/s1. The zero-order valence-corrected chi connectivity index (χ0v) is 18.3. The van der Waals surface area contributed by atoms with Gasteiger partial charge < -0.3 is 5.11 Å².